The first-order chi connectivity index (χ1) is 7.71. The summed E-state index contributed by atoms with van der Waals surface area (Å²) in [6, 6.07) is 1.30. The maximum Gasteiger partial charge on any atom is 0.241 e. The third-order valence-electron chi connectivity index (χ3n) is 2.50. The molecule has 0 aromatic carbocycles. The zero-order valence-corrected chi connectivity index (χ0v) is 12.1. The van der Waals surface area contributed by atoms with E-state index in [2.05, 4.69) is 26.2 Å². The van der Waals surface area contributed by atoms with Crippen LogP contribution in [0.15, 0.2) is 16.9 Å². The third kappa shape index (κ3) is 3.78. The molecule has 3 N–H and O–H groups in total. The van der Waals surface area contributed by atoms with Crippen LogP contribution in [0, 0.1) is 12.3 Å². The molecule has 0 fully saturated rings. The highest BCUT2D eigenvalue weighted by Crippen LogP contribution is 2.20. The average Bonchev–Trinajstić information content (AvgIpc) is 2.21. The summed E-state index contributed by atoms with van der Waals surface area (Å²) in [6.07, 6.45) is 1.60. The Labute approximate surface area is 110 Å². The standard InChI is InChI=1S/C12H18BrN3O/c1-7-5-8(6-15-10(7)13)16-11(17)9(14)12(2,3)4/h5-6,9H,14H2,1-4H3,(H,16,17)/t9-/m1/s1. The van der Waals surface area contributed by atoms with Crippen molar-refractivity contribution >= 4 is 27.5 Å². The van der Waals surface area contributed by atoms with Gasteiger partial charge in [-0.1, -0.05) is 20.8 Å². The normalized spacial score (nSPS) is 13.3. The lowest BCUT2D eigenvalue weighted by Crippen LogP contribution is -2.45. The van der Waals surface area contributed by atoms with Gasteiger partial charge in [-0.3, -0.25) is 4.79 Å². The smallest absolute Gasteiger partial charge is 0.241 e. The van der Waals surface area contributed by atoms with Crippen molar-refractivity contribution in [3.8, 4) is 0 Å². The molecule has 0 aliphatic rings. The summed E-state index contributed by atoms with van der Waals surface area (Å²) in [6.45, 7) is 7.71. The van der Waals surface area contributed by atoms with Crippen LogP contribution in [0.25, 0.3) is 0 Å². The number of amides is 1. The monoisotopic (exact) mass is 299 g/mol. The highest BCUT2D eigenvalue weighted by molar-refractivity contribution is 9.10. The molecule has 0 spiro atoms. The van der Waals surface area contributed by atoms with Gasteiger partial charge in [-0.25, -0.2) is 4.98 Å². The van der Waals surface area contributed by atoms with Crippen molar-refractivity contribution in [3.63, 3.8) is 0 Å². The van der Waals surface area contributed by atoms with Crippen molar-refractivity contribution in [2.45, 2.75) is 33.7 Å². The first-order valence-corrected chi connectivity index (χ1v) is 6.19. The van der Waals surface area contributed by atoms with Crippen LogP contribution in [-0.4, -0.2) is 16.9 Å². The number of hydrogen-bond acceptors (Lipinski definition) is 3. The molecule has 1 aromatic heterocycles. The van der Waals surface area contributed by atoms with Crippen LogP contribution < -0.4 is 11.1 Å². The molecule has 1 aromatic rings. The van der Waals surface area contributed by atoms with Gasteiger partial charge in [-0.05, 0) is 39.9 Å². The van der Waals surface area contributed by atoms with Crippen molar-refractivity contribution in [2.24, 2.45) is 11.1 Å². The van der Waals surface area contributed by atoms with E-state index in [0.717, 1.165) is 10.2 Å². The predicted octanol–water partition coefficient (Wildman–Crippen LogP) is 2.46. The fourth-order valence-electron chi connectivity index (χ4n) is 1.24. The number of rotatable bonds is 2. The number of nitrogens with two attached hydrogens (primary N) is 1. The van der Waals surface area contributed by atoms with Crippen molar-refractivity contribution < 1.29 is 4.79 Å². The van der Waals surface area contributed by atoms with Crippen LogP contribution in [0.2, 0.25) is 0 Å². The summed E-state index contributed by atoms with van der Waals surface area (Å²) in [5.74, 6) is -0.193. The van der Waals surface area contributed by atoms with E-state index in [0.29, 0.717) is 5.69 Å². The van der Waals surface area contributed by atoms with Gasteiger partial charge in [0.05, 0.1) is 17.9 Å². The summed E-state index contributed by atoms with van der Waals surface area (Å²) >= 11 is 3.31. The molecule has 1 rings (SSSR count). The van der Waals surface area contributed by atoms with Gasteiger partial charge in [0.15, 0.2) is 0 Å². The molecule has 1 atom stereocenters. The minimum Gasteiger partial charge on any atom is -0.323 e. The van der Waals surface area contributed by atoms with Gasteiger partial charge in [0.2, 0.25) is 5.91 Å². The SMILES string of the molecule is Cc1cc(NC(=O)[C@@H](N)C(C)(C)C)cnc1Br. The highest BCUT2D eigenvalue weighted by Gasteiger charge is 2.27. The van der Waals surface area contributed by atoms with E-state index in [1.54, 1.807) is 6.20 Å². The zero-order valence-electron chi connectivity index (χ0n) is 10.5. The van der Waals surface area contributed by atoms with E-state index < -0.39 is 6.04 Å². The maximum atomic E-state index is 11.9. The molecule has 0 saturated carbocycles. The summed E-state index contributed by atoms with van der Waals surface area (Å²) in [4.78, 5) is 16.0. The van der Waals surface area contributed by atoms with Gasteiger partial charge in [0.25, 0.3) is 0 Å². The molecule has 0 aliphatic carbocycles. The molecule has 1 heterocycles. The van der Waals surface area contributed by atoms with Gasteiger partial charge in [-0.15, -0.1) is 0 Å². The van der Waals surface area contributed by atoms with E-state index >= 15 is 0 Å². The van der Waals surface area contributed by atoms with Gasteiger partial charge in [0, 0.05) is 0 Å². The minimum absolute atomic E-state index is 0.193. The Morgan fingerprint density at radius 1 is 1.53 bits per heavy atom. The largest absolute Gasteiger partial charge is 0.323 e. The number of hydrogen-bond donors (Lipinski definition) is 2. The number of anilines is 1. The lowest BCUT2D eigenvalue weighted by Gasteiger charge is -2.25. The first kappa shape index (κ1) is 14.1. The molecule has 4 nitrogen and oxygen atoms in total. The zero-order chi connectivity index (χ0) is 13.2. The summed E-state index contributed by atoms with van der Waals surface area (Å²) in [7, 11) is 0. The molecule has 0 radical (unpaired) electrons. The summed E-state index contributed by atoms with van der Waals surface area (Å²) in [5, 5.41) is 2.77. The molecular weight excluding hydrogens is 282 g/mol. The van der Waals surface area contributed by atoms with Crippen LogP contribution in [0.5, 0.6) is 0 Å². The Morgan fingerprint density at radius 3 is 2.59 bits per heavy atom. The second-order valence-electron chi connectivity index (χ2n) is 5.16. The van der Waals surface area contributed by atoms with Crippen LogP contribution >= 0.6 is 15.9 Å². The van der Waals surface area contributed by atoms with Crippen LogP contribution in [0.3, 0.4) is 0 Å². The number of aryl methyl sites for hydroxylation is 1. The van der Waals surface area contributed by atoms with E-state index in [1.165, 1.54) is 0 Å². The van der Waals surface area contributed by atoms with Crippen molar-refractivity contribution in [1.29, 1.82) is 0 Å². The predicted molar refractivity (Wildman–Crippen MR) is 72.7 cm³/mol. The maximum absolute atomic E-state index is 11.9. The van der Waals surface area contributed by atoms with Crippen LogP contribution in [-0.2, 0) is 4.79 Å². The number of nitrogens with zero attached hydrogens (tertiary/aromatic N) is 1. The lowest BCUT2D eigenvalue weighted by atomic mass is 9.87. The Balaban J connectivity index is 2.78. The van der Waals surface area contributed by atoms with Crippen LogP contribution in [0.4, 0.5) is 5.69 Å². The quantitative estimate of drug-likeness (QED) is 0.824. The fraction of sp³-hybridized carbons (Fsp3) is 0.500. The van der Waals surface area contributed by atoms with Crippen molar-refractivity contribution in [1.82, 2.24) is 4.98 Å². The first-order valence-electron chi connectivity index (χ1n) is 5.40. The van der Waals surface area contributed by atoms with Gasteiger partial charge < -0.3 is 11.1 Å². The van der Waals surface area contributed by atoms with Crippen molar-refractivity contribution in [2.75, 3.05) is 5.32 Å². The number of carbonyl (C=O) groups excluding carboxylic acids is 1. The minimum atomic E-state index is -0.550. The Bertz CT molecular complexity index is 426. The summed E-state index contributed by atoms with van der Waals surface area (Å²) in [5.41, 5.74) is 7.23. The Morgan fingerprint density at radius 2 is 2.12 bits per heavy atom. The van der Waals surface area contributed by atoms with E-state index in [9.17, 15) is 4.79 Å². The van der Waals surface area contributed by atoms with E-state index in [4.69, 9.17) is 5.73 Å². The Hall–Kier alpha value is -0.940. The summed E-state index contributed by atoms with van der Waals surface area (Å²) < 4.78 is 0.774. The van der Waals surface area contributed by atoms with Gasteiger partial charge >= 0.3 is 0 Å². The Kier molecular flexibility index (Phi) is 4.27. The fourth-order valence-corrected chi connectivity index (χ4v) is 1.46. The lowest BCUT2D eigenvalue weighted by molar-refractivity contribution is -0.119. The number of nitrogens with one attached hydrogen (secondary N) is 1. The van der Waals surface area contributed by atoms with E-state index in [-0.39, 0.29) is 11.3 Å². The molecule has 0 saturated heterocycles. The second kappa shape index (κ2) is 5.14. The molecule has 5 heteroatoms. The van der Waals surface area contributed by atoms with Crippen molar-refractivity contribution in [3.05, 3.63) is 22.4 Å². The highest BCUT2D eigenvalue weighted by atomic mass is 79.9. The molecule has 17 heavy (non-hydrogen) atoms. The number of aromatic nitrogens is 1. The third-order valence-corrected chi connectivity index (χ3v) is 3.33. The van der Waals surface area contributed by atoms with Gasteiger partial charge in [-0.2, -0.15) is 0 Å². The topological polar surface area (TPSA) is 68.0 Å². The van der Waals surface area contributed by atoms with E-state index in [1.807, 2.05) is 33.8 Å². The molecule has 0 unspecified atom stereocenters. The molecule has 0 aliphatic heterocycles. The molecular formula is C12H18BrN3O. The molecule has 1 amide bonds. The second-order valence-corrected chi connectivity index (χ2v) is 5.92. The number of carbonyl (C=O) groups is 1. The number of pyridine rings is 1. The average molecular weight is 300 g/mol. The molecule has 94 valence electrons. The molecule has 0 bridgehead atoms. The van der Waals surface area contributed by atoms with Gasteiger partial charge in [0.1, 0.15) is 4.60 Å². The number of halogens is 1. The van der Waals surface area contributed by atoms with Crippen LogP contribution in [0.1, 0.15) is 26.3 Å².